The molecule has 13 nitrogen and oxygen atoms in total. The highest BCUT2D eigenvalue weighted by Gasteiger charge is 1.96. The molecule has 0 aliphatic rings. The van der Waals surface area contributed by atoms with E-state index in [1.54, 1.807) is 0 Å². The molecule has 0 aromatic heterocycles. The van der Waals surface area contributed by atoms with E-state index in [0.29, 0.717) is 0 Å². The molecule has 0 aromatic rings. The van der Waals surface area contributed by atoms with Crippen molar-refractivity contribution in [3.8, 4) is 0 Å². The minimum Gasteiger partial charge on any atom is -0.219 e. The van der Waals surface area contributed by atoms with Gasteiger partial charge in [-0.1, -0.05) is 0 Å². The number of rotatable bonds is 11. The van der Waals surface area contributed by atoms with E-state index in [9.17, 15) is 0 Å². The van der Waals surface area contributed by atoms with E-state index in [-0.39, 0.29) is 0 Å². The average Bonchev–Trinajstić information content (AvgIpc) is 2.21. The van der Waals surface area contributed by atoms with Gasteiger partial charge in [0.1, 0.15) is 0 Å². The van der Waals surface area contributed by atoms with Crippen LogP contribution in [0.2, 0.25) is 0 Å². The van der Waals surface area contributed by atoms with Crippen LogP contribution in [0.15, 0.2) is 0 Å². The molecule has 0 fully saturated rings. The van der Waals surface area contributed by atoms with Crippen molar-refractivity contribution in [3.05, 3.63) is 0 Å². The highest BCUT2D eigenvalue weighted by atomic mass is 18.0. The molecule has 86 valence electrons. The van der Waals surface area contributed by atoms with Crippen molar-refractivity contribution in [1.82, 2.24) is 0 Å². The lowest BCUT2D eigenvalue weighted by molar-refractivity contribution is -0.869. The van der Waals surface area contributed by atoms with Gasteiger partial charge in [-0.2, -0.15) is 0 Å². The van der Waals surface area contributed by atoms with Crippen LogP contribution in [0, 0.1) is 0 Å². The minimum atomic E-state index is 1.12. The maximum Gasteiger partial charge on any atom is 0.0745 e. The summed E-state index contributed by atoms with van der Waals surface area (Å²) in [6.07, 6.45) is 0. The van der Waals surface area contributed by atoms with Gasteiger partial charge in [0.25, 0.3) is 0 Å². The highest BCUT2D eigenvalue weighted by Crippen LogP contribution is 1.90. The Morgan fingerprint density at radius 1 is 0.571 bits per heavy atom. The third kappa shape index (κ3) is 11.5. The summed E-state index contributed by atoms with van der Waals surface area (Å²) in [7, 11) is 1.12. The first-order chi connectivity index (χ1) is 6.91. The molecule has 0 aliphatic carbocycles. The molecule has 0 heterocycles. The zero-order chi connectivity index (χ0) is 10.5. The van der Waals surface area contributed by atoms with Gasteiger partial charge in [0.2, 0.25) is 0 Å². The lowest BCUT2D eigenvalue weighted by Crippen LogP contribution is -2.03. The van der Waals surface area contributed by atoms with Gasteiger partial charge < -0.3 is 0 Å². The van der Waals surface area contributed by atoms with Crippen LogP contribution in [0.4, 0.5) is 0 Å². The van der Waals surface area contributed by atoms with E-state index in [2.05, 4.69) is 60.3 Å². The Kier molecular flexibility index (Phi) is 12.0. The normalized spacial score (nSPS) is 10.7. The van der Waals surface area contributed by atoms with Crippen LogP contribution in [0.25, 0.3) is 0 Å². The Labute approximate surface area is 74.0 Å². The monoisotopic (exact) mass is 224 g/mol. The van der Waals surface area contributed by atoms with Gasteiger partial charge in [-0.15, -0.1) is 0 Å². The molecule has 0 amide bonds. The summed E-state index contributed by atoms with van der Waals surface area (Å²) >= 11 is 0. The molecule has 0 saturated carbocycles. The molecule has 0 saturated heterocycles. The maximum atomic E-state index is 7.45. The van der Waals surface area contributed by atoms with Crippen molar-refractivity contribution in [2.75, 3.05) is 7.11 Å². The Morgan fingerprint density at radius 2 is 0.929 bits per heavy atom. The van der Waals surface area contributed by atoms with E-state index >= 15 is 0 Å². The predicted octanol–water partition coefficient (Wildman–Crippen LogP) is -0.647. The first-order valence-electron chi connectivity index (χ1n) is 2.42. The van der Waals surface area contributed by atoms with Gasteiger partial charge in [-0.25, -0.2) is 10.1 Å². The Morgan fingerprint density at radius 3 is 1.29 bits per heavy atom. The second-order valence-corrected chi connectivity index (χ2v) is 0.922. The minimum absolute atomic E-state index is 1.12. The largest absolute Gasteiger partial charge is 0.219 e. The summed E-state index contributed by atoms with van der Waals surface area (Å²) in [4.78, 5) is 3.86. The van der Waals surface area contributed by atoms with Crippen molar-refractivity contribution < 1.29 is 65.6 Å². The fourth-order valence-corrected chi connectivity index (χ4v) is 0.131. The topological polar surface area (TPSA) is 131 Å². The molecule has 0 aromatic carbocycles. The van der Waals surface area contributed by atoms with Crippen LogP contribution >= 0.6 is 0 Å². The average molecular weight is 224 g/mol. The molecule has 14 heavy (non-hydrogen) atoms. The Bertz CT molecular complexity index is 79.2. The third-order valence-corrected chi connectivity index (χ3v) is 0.348. The zero-order valence-electron chi connectivity index (χ0n) is 6.35. The molecular formula is CH4O13. The fraction of sp³-hybridized carbons (Fsp3) is 1.00. The van der Waals surface area contributed by atoms with E-state index in [0.717, 1.165) is 7.11 Å². The lowest BCUT2D eigenvalue weighted by Gasteiger charge is -1.97. The number of hydrogen-bond donors (Lipinski definition) is 1. The molecule has 0 rings (SSSR count). The van der Waals surface area contributed by atoms with Crippen molar-refractivity contribution in [2.24, 2.45) is 0 Å². The van der Waals surface area contributed by atoms with Gasteiger partial charge in [0.05, 0.1) is 7.11 Å². The van der Waals surface area contributed by atoms with Crippen molar-refractivity contribution in [1.29, 1.82) is 0 Å². The van der Waals surface area contributed by atoms with E-state index in [1.807, 2.05) is 0 Å². The number of hydrogen-bond acceptors (Lipinski definition) is 13. The summed E-state index contributed by atoms with van der Waals surface area (Å²) in [6.45, 7) is 0. The SMILES string of the molecule is COOOOOOOOOOOOO. The van der Waals surface area contributed by atoms with Crippen molar-refractivity contribution >= 4 is 0 Å². The molecule has 1 N–H and O–H groups in total. The lowest BCUT2D eigenvalue weighted by atomic mass is 11.8. The summed E-state index contributed by atoms with van der Waals surface area (Å²) in [6, 6.07) is 0. The van der Waals surface area contributed by atoms with Gasteiger partial charge >= 0.3 is 0 Å². The van der Waals surface area contributed by atoms with Crippen LogP contribution < -0.4 is 0 Å². The predicted molar refractivity (Wildman–Crippen MR) is 21.6 cm³/mol. The van der Waals surface area contributed by atoms with Gasteiger partial charge in [-0.05, 0) is 55.4 Å². The van der Waals surface area contributed by atoms with Gasteiger partial charge in [-0.3, -0.25) is 0 Å². The molecule has 0 atom stereocenters. The summed E-state index contributed by atoms with van der Waals surface area (Å²) in [5.41, 5.74) is 0. The second-order valence-electron chi connectivity index (χ2n) is 0.922. The first kappa shape index (κ1) is 13.5. The maximum absolute atomic E-state index is 7.45. The van der Waals surface area contributed by atoms with E-state index in [1.165, 1.54) is 0 Å². The summed E-state index contributed by atoms with van der Waals surface area (Å²) in [5, 5.41) is 45.0. The fourth-order valence-electron chi connectivity index (χ4n) is 0.131. The quantitative estimate of drug-likeness (QED) is 0.271. The molecule has 0 unspecified atom stereocenters. The second kappa shape index (κ2) is 12.5. The van der Waals surface area contributed by atoms with E-state index < -0.39 is 0 Å². The van der Waals surface area contributed by atoms with Crippen molar-refractivity contribution in [3.63, 3.8) is 0 Å². The molecule has 0 spiro atoms. The summed E-state index contributed by atoms with van der Waals surface area (Å²) < 4.78 is 0. The molecule has 13 heteroatoms. The Balaban J connectivity index is 2.78. The molecule has 0 bridgehead atoms. The van der Waals surface area contributed by atoms with Crippen LogP contribution in [0.1, 0.15) is 0 Å². The molecule has 0 radical (unpaired) electrons. The van der Waals surface area contributed by atoms with E-state index in [4.69, 9.17) is 5.26 Å². The van der Waals surface area contributed by atoms with Crippen molar-refractivity contribution in [2.45, 2.75) is 0 Å². The highest BCUT2D eigenvalue weighted by molar-refractivity contribution is 3.35. The van der Waals surface area contributed by atoms with Crippen LogP contribution in [0.5, 0.6) is 0 Å². The van der Waals surface area contributed by atoms with Crippen LogP contribution in [-0.4, -0.2) is 12.4 Å². The van der Waals surface area contributed by atoms with Crippen LogP contribution in [-0.2, 0) is 60.3 Å². The first-order valence-corrected chi connectivity index (χ1v) is 2.42. The summed E-state index contributed by atoms with van der Waals surface area (Å²) in [5.74, 6) is 0. The zero-order valence-corrected chi connectivity index (χ0v) is 6.35. The molecule has 0 aliphatic heterocycles. The standard InChI is InChI=1S/CH4O13/c1-3-5-7-9-11-13-14-12-10-8-6-4-2/h2H,1H3. The molecular weight excluding hydrogens is 220 g/mol. The smallest absolute Gasteiger partial charge is 0.0745 e. The third-order valence-electron chi connectivity index (χ3n) is 0.348. The van der Waals surface area contributed by atoms with Gasteiger partial charge in [0, 0.05) is 0 Å². The Hall–Kier alpha value is -0.520. The van der Waals surface area contributed by atoms with Gasteiger partial charge in [0.15, 0.2) is 0 Å². The van der Waals surface area contributed by atoms with Crippen LogP contribution in [0.3, 0.4) is 0 Å².